The Balaban J connectivity index is 2.67. The van der Waals surface area contributed by atoms with Crippen molar-refractivity contribution >= 4 is 5.95 Å². The van der Waals surface area contributed by atoms with Gasteiger partial charge in [-0.05, 0) is 19.3 Å². The third-order valence-electron chi connectivity index (χ3n) is 2.48. The molecule has 0 fully saturated rings. The fourth-order valence-corrected chi connectivity index (χ4v) is 1.37. The summed E-state index contributed by atoms with van der Waals surface area (Å²) in [6.07, 6.45) is 2.05. The highest BCUT2D eigenvalue weighted by atomic mass is 16.3. The Morgan fingerprint density at radius 2 is 1.81 bits per heavy atom. The van der Waals surface area contributed by atoms with Crippen LogP contribution in [-0.2, 0) is 12.8 Å². The average molecular weight is 224 g/mol. The van der Waals surface area contributed by atoms with Crippen molar-refractivity contribution in [2.24, 2.45) is 0 Å². The number of rotatable bonds is 6. The summed E-state index contributed by atoms with van der Waals surface area (Å²) in [7, 11) is 0. The largest absolute Gasteiger partial charge is 0.391 e. The monoisotopic (exact) mass is 224 g/mol. The molecule has 0 spiro atoms. The second-order valence-electron chi connectivity index (χ2n) is 3.68. The van der Waals surface area contributed by atoms with Crippen molar-refractivity contribution in [1.29, 1.82) is 0 Å². The lowest BCUT2D eigenvalue weighted by molar-refractivity contribution is 0.183. The van der Waals surface area contributed by atoms with Crippen LogP contribution in [0.2, 0.25) is 0 Å². The SMILES string of the molecule is CCc1nnc(NCC(O)CC)nc1CC. The second-order valence-corrected chi connectivity index (χ2v) is 3.68. The van der Waals surface area contributed by atoms with Crippen LogP contribution < -0.4 is 5.32 Å². The van der Waals surface area contributed by atoms with Gasteiger partial charge in [0.25, 0.3) is 0 Å². The second kappa shape index (κ2) is 6.37. The van der Waals surface area contributed by atoms with Gasteiger partial charge < -0.3 is 10.4 Å². The van der Waals surface area contributed by atoms with Crippen LogP contribution in [-0.4, -0.2) is 32.9 Å². The molecule has 0 saturated carbocycles. The van der Waals surface area contributed by atoms with E-state index in [0.717, 1.165) is 24.2 Å². The van der Waals surface area contributed by atoms with Crippen LogP contribution in [0.3, 0.4) is 0 Å². The van der Waals surface area contributed by atoms with E-state index < -0.39 is 0 Å². The molecule has 1 atom stereocenters. The van der Waals surface area contributed by atoms with Gasteiger partial charge in [0.05, 0.1) is 17.5 Å². The first-order valence-electron chi connectivity index (χ1n) is 5.85. The fraction of sp³-hybridized carbons (Fsp3) is 0.727. The summed E-state index contributed by atoms with van der Waals surface area (Å²) in [5.74, 6) is 0.501. The Hall–Kier alpha value is -1.23. The van der Waals surface area contributed by atoms with E-state index >= 15 is 0 Å². The van der Waals surface area contributed by atoms with Crippen LogP contribution in [0, 0.1) is 0 Å². The fourth-order valence-electron chi connectivity index (χ4n) is 1.37. The van der Waals surface area contributed by atoms with Gasteiger partial charge in [0, 0.05) is 6.54 Å². The minimum absolute atomic E-state index is 0.362. The summed E-state index contributed by atoms with van der Waals surface area (Å²) < 4.78 is 0. The van der Waals surface area contributed by atoms with Crippen molar-refractivity contribution in [2.45, 2.75) is 46.1 Å². The Morgan fingerprint density at radius 3 is 2.38 bits per heavy atom. The highest BCUT2D eigenvalue weighted by Gasteiger charge is 2.07. The molecular formula is C11H20N4O. The predicted molar refractivity (Wildman–Crippen MR) is 63.4 cm³/mol. The summed E-state index contributed by atoms with van der Waals surface area (Å²) in [4.78, 5) is 4.37. The number of anilines is 1. The first-order valence-corrected chi connectivity index (χ1v) is 5.85. The summed E-state index contributed by atoms with van der Waals surface area (Å²) in [5, 5.41) is 20.5. The molecule has 90 valence electrons. The standard InChI is InChI=1S/C11H20N4O/c1-4-8(16)7-12-11-13-9(5-2)10(6-3)14-15-11/h8,16H,4-7H2,1-3H3,(H,12,13,15). The molecule has 0 aromatic carbocycles. The van der Waals surface area contributed by atoms with Crippen LogP contribution in [0.1, 0.15) is 38.6 Å². The summed E-state index contributed by atoms with van der Waals surface area (Å²) >= 11 is 0. The molecule has 16 heavy (non-hydrogen) atoms. The van der Waals surface area contributed by atoms with Crippen molar-refractivity contribution in [1.82, 2.24) is 15.2 Å². The van der Waals surface area contributed by atoms with Crippen LogP contribution in [0.15, 0.2) is 0 Å². The number of aliphatic hydroxyl groups excluding tert-OH is 1. The minimum atomic E-state index is -0.362. The number of aryl methyl sites for hydroxylation is 2. The molecule has 1 heterocycles. The van der Waals surface area contributed by atoms with Gasteiger partial charge in [-0.2, -0.15) is 5.10 Å². The van der Waals surface area contributed by atoms with E-state index in [-0.39, 0.29) is 6.10 Å². The molecule has 5 heteroatoms. The third kappa shape index (κ3) is 3.41. The lowest BCUT2D eigenvalue weighted by Crippen LogP contribution is -2.20. The van der Waals surface area contributed by atoms with Gasteiger partial charge in [0.15, 0.2) is 0 Å². The molecule has 0 saturated heterocycles. The highest BCUT2D eigenvalue weighted by Crippen LogP contribution is 2.06. The van der Waals surface area contributed by atoms with E-state index in [1.165, 1.54) is 0 Å². The summed E-state index contributed by atoms with van der Waals surface area (Å²) in [5.41, 5.74) is 1.93. The summed E-state index contributed by atoms with van der Waals surface area (Å²) in [6.45, 7) is 6.49. The molecule has 1 unspecified atom stereocenters. The van der Waals surface area contributed by atoms with Gasteiger partial charge in [-0.15, -0.1) is 5.10 Å². The normalized spacial score (nSPS) is 12.5. The maximum Gasteiger partial charge on any atom is 0.243 e. The van der Waals surface area contributed by atoms with E-state index in [4.69, 9.17) is 0 Å². The third-order valence-corrected chi connectivity index (χ3v) is 2.48. The molecule has 0 aliphatic rings. The Bertz CT molecular complexity index is 330. The molecule has 0 aliphatic carbocycles. The minimum Gasteiger partial charge on any atom is -0.391 e. The van der Waals surface area contributed by atoms with E-state index in [2.05, 4.69) is 20.5 Å². The smallest absolute Gasteiger partial charge is 0.243 e. The van der Waals surface area contributed by atoms with Gasteiger partial charge in [-0.3, -0.25) is 0 Å². The van der Waals surface area contributed by atoms with E-state index in [1.54, 1.807) is 0 Å². The number of nitrogens with one attached hydrogen (secondary N) is 1. The Labute approximate surface area is 96.3 Å². The molecule has 2 N–H and O–H groups in total. The molecule has 1 rings (SSSR count). The van der Waals surface area contributed by atoms with E-state index in [0.29, 0.717) is 18.9 Å². The average Bonchev–Trinajstić information content (AvgIpc) is 2.35. The zero-order valence-corrected chi connectivity index (χ0v) is 10.2. The first kappa shape index (κ1) is 12.8. The van der Waals surface area contributed by atoms with Crippen LogP contribution in [0.25, 0.3) is 0 Å². The predicted octanol–water partition coefficient (Wildman–Crippen LogP) is 1.18. The van der Waals surface area contributed by atoms with E-state index in [1.807, 2.05) is 20.8 Å². The lowest BCUT2D eigenvalue weighted by Gasteiger charge is -2.10. The van der Waals surface area contributed by atoms with Gasteiger partial charge in [0.2, 0.25) is 5.95 Å². The Kier molecular flexibility index (Phi) is 5.11. The highest BCUT2D eigenvalue weighted by molar-refractivity contribution is 5.25. The maximum absolute atomic E-state index is 9.41. The molecule has 5 nitrogen and oxygen atoms in total. The zero-order valence-electron chi connectivity index (χ0n) is 10.2. The zero-order chi connectivity index (χ0) is 12.0. The number of aliphatic hydroxyl groups is 1. The van der Waals surface area contributed by atoms with Crippen molar-refractivity contribution in [3.63, 3.8) is 0 Å². The van der Waals surface area contributed by atoms with Crippen molar-refractivity contribution in [3.8, 4) is 0 Å². The number of hydrogen-bond acceptors (Lipinski definition) is 5. The van der Waals surface area contributed by atoms with Crippen LogP contribution in [0.4, 0.5) is 5.95 Å². The van der Waals surface area contributed by atoms with Gasteiger partial charge in [0.1, 0.15) is 0 Å². The quantitative estimate of drug-likeness (QED) is 0.759. The Morgan fingerprint density at radius 1 is 1.12 bits per heavy atom. The van der Waals surface area contributed by atoms with Crippen LogP contribution in [0.5, 0.6) is 0 Å². The van der Waals surface area contributed by atoms with Gasteiger partial charge in [-0.25, -0.2) is 4.98 Å². The summed E-state index contributed by atoms with van der Waals surface area (Å²) in [6, 6.07) is 0. The molecule has 0 amide bonds. The van der Waals surface area contributed by atoms with Crippen LogP contribution >= 0.6 is 0 Å². The molecule has 0 aliphatic heterocycles. The molecule has 0 bridgehead atoms. The number of hydrogen-bond donors (Lipinski definition) is 2. The maximum atomic E-state index is 9.41. The number of aromatic nitrogens is 3. The number of nitrogens with zero attached hydrogens (tertiary/aromatic N) is 3. The van der Waals surface area contributed by atoms with Crippen molar-refractivity contribution in [2.75, 3.05) is 11.9 Å². The molecular weight excluding hydrogens is 204 g/mol. The topological polar surface area (TPSA) is 70.9 Å². The molecule has 0 radical (unpaired) electrons. The van der Waals surface area contributed by atoms with Gasteiger partial charge in [-0.1, -0.05) is 20.8 Å². The van der Waals surface area contributed by atoms with Crippen molar-refractivity contribution < 1.29 is 5.11 Å². The van der Waals surface area contributed by atoms with E-state index in [9.17, 15) is 5.11 Å². The molecule has 1 aromatic heterocycles. The molecule has 1 aromatic rings. The van der Waals surface area contributed by atoms with Gasteiger partial charge >= 0.3 is 0 Å². The van der Waals surface area contributed by atoms with Crippen molar-refractivity contribution in [3.05, 3.63) is 11.4 Å². The lowest BCUT2D eigenvalue weighted by atomic mass is 10.2. The first-order chi connectivity index (χ1) is 7.71.